The molecular weight excluding hydrogens is 470 g/mol. The number of carbonyl (C=O) groups excluding carboxylic acids is 2. The molecule has 0 spiro atoms. The van der Waals surface area contributed by atoms with Crippen LogP contribution in [0, 0.1) is 5.92 Å². The Kier molecular flexibility index (Phi) is 7.92. The molecule has 0 aliphatic carbocycles. The fraction of sp³-hybridized carbons (Fsp3) is 0.692. The summed E-state index contributed by atoms with van der Waals surface area (Å²) in [7, 11) is 0. The first-order valence-corrected chi connectivity index (χ1v) is 12.4. The Bertz CT molecular complexity index is 919. The first-order chi connectivity index (χ1) is 16.9. The average molecular weight is 508 g/mol. The Balaban J connectivity index is 1.44. The molecule has 10 heteroatoms. The van der Waals surface area contributed by atoms with E-state index in [1.807, 2.05) is 58.0 Å². The van der Waals surface area contributed by atoms with Crippen molar-refractivity contribution in [2.75, 3.05) is 6.61 Å². The highest BCUT2D eigenvalue weighted by Gasteiger charge is 2.60. The molecule has 200 valence electrons. The molecular formula is C26H37NO9. The van der Waals surface area contributed by atoms with E-state index in [1.54, 1.807) is 13.8 Å². The molecule has 3 aliphatic heterocycles. The van der Waals surface area contributed by atoms with Gasteiger partial charge in [0.15, 0.2) is 30.1 Å². The van der Waals surface area contributed by atoms with Crippen LogP contribution < -0.4 is 5.32 Å². The van der Waals surface area contributed by atoms with Crippen molar-refractivity contribution >= 4 is 12.1 Å². The lowest BCUT2D eigenvalue weighted by molar-refractivity contribution is -0.235. The van der Waals surface area contributed by atoms with Crippen molar-refractivity contribution < 1.29 is 42.7 Å². The lowest BCUT2D eigenvalue weighted by atomic mass is 10.0. The van der Waals surface area contributed by atoms with E-state index in [1.165, 1.54) is 0 Å². The highest BCUT2D eigenvalue weighted by atomic mass is 16.8. The van der Waals surface area contributed by atoms with E-state index in [-0.39, 0.29) is 19.1 Å². The van der Waals surface area contributed by atoms with E-state index in [4.69, 9.17) is 33.2 Å². The summed E-state index contributed by atoms with van der Waals surface area (Å²) >= 11 is 0. The van der Waals surface area contributed by atoms with Gasteiger partial charge < -0.3 is 38.5 Å². The fourth-order valence-corrected chi connectivity index (χ4v) is 4.62. The Morgan fingerprint density at radius 1 is 1.03 bits per heavy atom. The number of ether oxygens (including phenoxy) is 7. The van der Waals surface area contributed by atoms with E-state index < -0.39 is 60.4 Å². The number of nitrogens with one attached hydrogen (secondary N) is 1. The zero-order valence-corrected chi connectivity index (χ0v) is 21.7. The summed E-state index contributed by atoms with van der Waals surface area (Å²) in [6.07, 6.45) is -3.66. The van der Waals surface area contributed by atoms with Gasteiger partial charge in [-0.25, -0.2) is 9.59 Å². The van der Waals surface area contributed by atoms with Gasteiger partial charge in [0.25, 0.3) is 0 Å². The second-order valence-corrected chi connectivity index (χ2v) is 10.7. The third-order valence-electron chi connectivity index (χ3n) is 6.17. The second-order valence-electron chi connectivity index (χ2n) is 10.7. The molecule has 0 saturated carbocycles. The molecule has 3 aliphatic rings. The van der Waals surface area contributed by atoms with Gasteiger partial charge in [0, 0.05) is 0 Å². The Morgan fingerprint density at radius 3 is 2.39 bits per heavy atom. The minimum Gasteiger partial charge on any atom is -0.455 e. The van der Waals surface area contributed by atoms with E-state index in [2.05, 4.69) is 5.32 Å². The lowest BCUT2D eigenvalue weighted by Crippen LogP contribution is -2.49. The number of amides is 1. The monoisotopic (exact) mass is 507 g/mol. The molecule has 10 nitrogen and oxygen atoms in total. The first kappa shape index (κ1) is 26.8. The predicted octanol–water partition coefficient (Wildman–Crippen LogP) is 3.27. The van der Waals surface area contributed by atoms with Crippen molar-refractivity contribution in [3.05, 3.63) is 35.9 Å². The molecule has 36 heavy (non-hydrogen) atoms. The van der Waals surface area contributed by atoms with Crippen molar-refractivity contribution in [2.45, 2.75) is 103 Å². The van der Waals surface area contributed by atoms with E-state index >= 15 is 0 Å². The van der Waals surface area contributed by atoms with Crippen LogP contribution in [0.15, 0.2) is 30.3 Å². The van der Waals surface area contributed by atoms with Crippen LogP contribution in [-0.2, 0) is 44.6 Å². The smallest absolute Gasteiger partial charge is 0.408 e. The van der Waals surface area contributed by atoms with Crippen molar-refractivity contribution in [2.24, 2.45) is 5.92 Å². The molecule has 0 radical (unpaired) electrons. The third kappa shape index (κ3) is 6.54. The molecule has 3 fully saturated rings. The minimum absolute atomic E-state index is 0.0908. The number of alkyl carbamates (subject to hydrolysis) is 1. The maximum Gasteiger partial charge on any atom is 0.408 e. The molecule has 0 aromatic heterocycles. The normalized spacial score (nSPS) is 31.1. The second kappa shape index (κ2) is 10.6. The molecule has 6 atom stereocenters. The zero-order chi connectivity index (χ0) is 26.1. The van der Waals surface area contributed by atoms with E-state index in [0.717, 1.165) is 5.56 Å². The van der Waals surface area contributed by atoms with Crippen molar-refractivity contribution in [3.63, 3.8) is 0 Å². The molecule has 3 saturated heterocycles. The molecule has 3 heterocycles. The van der Waals surface area contributed by atoms with Gasteiger partial charge in [-0.1, -0.05) is 44.2 Å². The number of rotatable bonds is 8. The van der Waals surface area contributed by atoms with Crippen LogP contribution in [0.4, 0.5) is 4.79 Å². The summed E-state index contributed by atoms with van der Waals surface area (Å²) in [5, 5.41) is 2.66. The summed E-state index contributed by atoms with van der Waals surface area (Å²) < 4.78 is 41.0. The largest absolute Gasteiger partial charge is 0.455 e. The Hall–Kier alpha value is -2.24. The Morgan fingerprint density at radius 2 is 1.75 bits per heavy atom. The van der Waals surface area contributed by atoms with Gasteiger partial charge >= 0.3 is 12.1 Å². The summed E-state index contributed by atoms with van der Waals surface area (Å²) in [5.41, 5.74) is 0.843. The van der Waals surface area contributed by atoms with Gasteiger partial charge in [-0.15, -0.1) is 0 Å². The van der Waals surface area contributed by atoms with Gasteiger partial charge in [0.2, 0.25) is 0 Å². The van der Waals surface area contributed by atoms with Gasteiger partial charge in [-0.2, -0.15) is 0 Å². The van der Waals surface area contributed by atoms with Crippen LogP contribution in [0.2, 0.25) is 0 Å². The number of carbonyl (C=O) groups is 2. The predicted molar refractivity (Wildman–Crippen MR) is 126 cm³/mol. The molecule has 0 unspecified atom stereocenters. The zero-order valence-electron chi connectivity index (χ0n) is 21.7. The molecule has 1 amide bonds. The van der Waals surface area contributed by atoms with Crippen LogP contribution in [0.25, 0.3) is 0 Å². The molecule has 1 N–H and O–H groups in total. The highest BCUT2D eigenvalue weighted by Crippen LogP contribution is 2.42. The molecule has 1 aromatic rings. The average Bonchev–Trinajstić information content (AvgIpc) is 3.41. The minimum atomic E-state index is -0.916. The summed E-state index contributed by atoms with van der Waals surface area (Å²) in [6, 6.07) is 8.39. The van der Waals surface area contributed by atoms with Crippen LogP contribution in [0.3, 0.4) is 0 Å². The van der Waals surface area contributed by atoms with Crippen LogP contribution >= 0.6 is 0 Å². The SMILES string of the molecule is CC(C)C[C@H](NC(=O)OCc1ccccc1)C(=O)O[C@H]1[C@H]2OC(C)(C)O[C@@H]2O[C@@H]1[C@H]1COC(C)(C)O1. The van der Waals surface area contributed by atoms with Crippen LogP contribution in [0.5, 0.6) is 0 Å². The van der Waals surface area contributed by atoms with Crippen molar-refractivity contribution in [3.8, 4) is 0 Å². The maximum atomic E-state index is 13.4. The van der Waals surface area contributed by atoms with Crippen molar-refractivity contribution in [1.29, 1.82) is 0 Å². The number of fused-ring (bicyclic) bond motifs is 1. The third-order valence-corrected chi connectivity index (χ3v) is 6.17. The summed E-state index contributed by atoms with van der Waals surface area (Å²) in [5.74, 6) is -2.18. The number of hydrogen-bond acceptors (Lipinski definition) is 9. The van der Waals surface area contributed by atoms with Gasteiger partial charge in [-0.05, 0) is 45.6 Å². The van der Waals surface area contributed by atoms with Gasteiger partial charge in [0.05, 0.1) is 6.61 Å². The molecule has 1 aromatic carbocycles. The van der Waals surface area contributed by atoms with Crippen molar-refractivity contribution in [1.82, 2.24) is 5.32 Å². The number of esters is 1. The fourth-order valence-electron chi connectivity index (χ4n) is 4.62. The van der Waals surface area contributed by atoms with E-state index in [9.17, 15) is 9.59 Å². The first-order valence-electron chi connectivity index (χ1n) is 12.4. The summed E-state index contributed by atoms with van der Waals surface area (Å²) in [6.45, 7) is 11.4. The Labute approximate surface area is 211 Å². The van der Waals surface area contributed by atoms with Gasteiger partial charge in [-0.3, -0.25) is 0 Å². The quantitative estimate of drug-likeness (QED) is 0.530. The highest BCUT2D eigenvalue weighted by molar-refractivity contribution is 5.81. The molecule has 4 rings (SSSR count). The summed E-state index contributed by atoms with van der Waals surface area (Å²) in [4.78, 5) is 25.9. The standard InChI is InChI=1S/C26H37NO9/c1-15(2)12-17(27-24(29)30-13-16-10-8-7-9-11-16)22(28)32-20-19(18-14-31-25(3,4)34-18)33-23-21(20)35-26(5,6)36-23/h7-11,15,17-21,23H,12-14H2,1-6H3,(H,27,29)/t17-,18+,19+,20+,21+,23-/m0/s1. The van der Waals surface area contributed by atoms with Crippen LogP contribution in [0.1, 0.15) is 53.5 Å². The van der Waals surface area contributed by atoms with Crippen LogP contribution in [-0.4, -0.2) is 67.0 Å². The number of benzene rings is 1. The topological polar surface area (TPSA) is 111 Å². The lowest BCUT2D eigenvalue weighted by Gasteiger charge is -2.30. The molecule has 0 bridgehead atoms. The maximum absolute atomic E-state index is 13.4. The van der Waals surface area contributed by atoms with E-state index in [0.29, 0.717) is 6.42 Å². The van der Waals surface area contributed by atoms with Gasteiger partial charge in [0.1, 0.15) is 24.9 Å². The number of hydrogen-bond donors (Lipinski definition) is 1.